The minimum Gasteiger partial charge on any atom is -0.370 e. The van der Waals surface area contributed by atoms with Gasteiger partial charge in [0.2, 0.25) is 5.91 Å². The molecule has 5 nitrogen and oxygen atoms in total. The molecule has 0 saturated carbocycles. The molecule has 27 heavy (non-hydrogen) atoms. The number of benzene rings is 1. The quantitative estimate of drug-likeness (QED) is 0.712. The first-order valence-electron chi connectivity index (χ1n) is 8.50. The largest absolute Gasteiger partial charge is 0.393 e. The molecule has 0 aliphatic heterocycles. The number of hydrogen-bond donors (Lipinski definition) is 1. The summed E-state index contributed by atoms with van der Waals surface area (Å²) in [6, 6.07) is 8.11. The Labute approximate surface area is 154 Å². The first-order valence-corrected chi connectivity index (χ1v) is 8.50. The second-order valence-electron chi connectivity index (χ2n) is 6.48. The molecule has 0 saturated heterocycles. The van der Waals surface area contributed by atoms with Gasteiger partial charge in [-0.3, -0.25) is 9.48 Å². The highest BCUT2D eigenvalue weighted by Gasteiger charge is 2.27. The third-order valence-corrected chi connectivity index (χ3v) is 4.24. The van der Waals surface area contributed by atoms with E-state index in [1.807, 2.05) is 13.0 Å². The van der Waals surface area contributed by atoms with Crippen molar-refractivity contribution in [3.63, 3.8) is 0 Å². The molecule has 0 unspecified atom stereocenters. The molecule has 0 aliphatic rings. The number of halogens is 3. The van der Waals surface area contributed by atoms with E-state index in [-0.39, 0.29) is 17.9 Å². The van der Waals surface area contributed by atoms with Crippen LogP contribution in [-0.4, -0.2) is 26.8 Å². The van der Waals surface area contributed by atoms with Crippen LogP contribution in [0, 0.1) is 6.92 Å². The summed E-state index contributed by atoms with van der Waals surface area (Å²) >= 11 is 0. The van der Waals surface area contributed by atoms with Crippen molar-refractivity contribution in [3.8, 4) is 11.3 Å². The van der Waals surface area contributed by atoms with Gasteiger partial charge in [0.25, 0.3) is 0 Å². The zero-order valence-corrected chi connectivity index (χ0v) is 14.8. The van der Waals surface area contributed by atoms with Gasteiger partial charge in [0.15, 0.2) is 0 Å². The molecule has 2 N–H and O–H groups in total. The Morgan fingerprint density at radius 1 is 1.22 bits per heavy atom. The first kappa shape index (κ1) is 18.9. The predicted molar refractivity (Wildman–Crippen MR) is 95.9 cm³/mol. The van der Waals surface area contributed by atoms with Gasteiger partial charge in [-0.25, -0.2) is 4.98 Å². The lowest BCUT2D eigenvalue weighted by molar-refractivity contribution is -0.127. The molecule has 142 valence electrons. The molecule has 1 aromatic carbocycles. The third kappa shape index (κ3) is 4.64. The number of nitrogens with two attached hydrogens (primary N) is 1. The number of alkyl halides is 3. The van der Waals surface area contributed by atoms with Gasteiger partial charge < -0.3 is 5.73 Å². The fourth-order valence-corrected chi connectivity index (χ4v) is 3.04. The first-order chi connectivity index (χ1) is 12.7. The van der Waals surface area contributed by atoms with Crippen LogP contribution in [0.5, 0.6) is 0 Å². The van der Waals surface area contributed by atoms with Crippen LogP contribution in [-0.2, 0) is 17.8 Å². The summed E-state index contributed by atoms with van der Waals surface area (Å²) in [5, 5.41) is 4.32. The van der Waals surface area contributed by atoms with Crippen molar-refractivity contribution in [3.05, 3.63) is 47.7 Å². The van der Waals surface area contributed by atoms with Gasteiger partial charge in [-0.15, -0.1) is 0 Å². The minimum atomic E-state index is -4.22. The van der Waals surface area contributed by atoms with Crippen molar-refractivity contribution in [1.29, 1.82) is 0 Å². The maximum atomic E-state index is 12.5. The van der Waals surface area contributed by atoms with E-state index in [4.69, 9.17) is 5.73 Å². The SMILES string of the molecule is Cc1cc(-c2ccc(CC(F)(F)F)cc2)nc2cnn(CCCC(N)=O)c12. The number of aromatic nitrogens is 3. The van der Waals surface area contributed by atoms with Gasteiger partial charge in [-0.2, -0.15) is 18.3 Å². The van der Waals surface area contributed by atoms with E-state index in [1.165, 1.54) is 12.1 Å². The van der Waals surface area contributed by atoms with E-state index in [0.29, 0.717) is 24.2 Å². The van der Waals surface area contributed by atoms with E-state index in [2.05, 4.69) is 10.1 Å². The number of primary amides is 1. The number of carbonyl (C=O) groups is 1. The number of hydrogen-bond acceptors (Lipinski definition) is 3. The van der Waals surface area contributed by atoms with Gasteiger partial charge in [0.05, 0.1) is 23.8 Å². The highest BCUT2D eigenvalue weighted by atomic mass is 19.4. The molecule has 2 aromatic heterocycles. The van der Waals surface area contributed by atoms with Gasteiger partial charge in [0.1, 0.15) is 5.52 Å². The Hall–Kier alpha value is -2.90. The molecule has 3 aromatic rings. The fraction of sp³-hybridized carbons (Fsp3) is 0.316. The van der Waals surface area contributed by atoms with Crippen LogP contribution < -0.4 is 5.73 Å². The predicted octanol–water partition coefficient (Wildman–Crippen LogP) is 3.78. The third-order valence-electron chi connectivity index (χ3n) is 4.24. The summed E-state index contributed by atoms with van der Waals surface area (Å²) in [5.41, 5.74) is 9.31. The van der Waals surface area contributed by atoms with Crippen molar-refractivity contribution >= 4 is 16.9 Å². The highest BCUT2D eigenvalue weighted by Crippen LogP contribution is 2.26. The zero-order valence-electron chi connectivity index (χ0n) is 14.8. The van der Waals surface area contributed by atoms with Crippen LogP contribution in [0.1, 0.15) is 24.0 Å². The van der Waals surface area contributed by atoms with Crippen LogP contribution in [0.4, 0.5) is 13.2 Å². The van der Waals surface area contributed by atoms with Crippen LogP contribution in [0.25, 0.3) is 22.3 Å². The topological polar surface area (TPSA) is 73.8 Å². The minimum absolute atomic E-state index is 0.214. The smallest absolute Gasteiger partial charge is 0.370 e. The molecule has 0 fully saturated rings. The van der Waals surface area contributed by atoms with Crippen molar-refractivity contribution in [2.45, 2.75) is 38.9 Å². The van der Waals surface area contributed by atoms with Gasteiger partial charge in [-0.05, 0) is 30.5 Å². The Kier molecular flexibility index (Phi) is 5.16. The van der Waals surface area contributed by atoms with E-state index in [9.17, 15) is 18.0 Å². The lowest BCUT2D eigenvalue weighted by atomic mass is 10.0. The summed E-state index contributed by atoms with van der Waals surface area (Å²) in [4.78, 5) is 15.5. The lowest BCUT2D eigenvalue weighted by Crippen LogP contribution is -2.12. The second-order valence-corrected chi connectivity index (χ2v) is 6.48. The van der Waals surface area contributed by atoms with Crippen molar-refractivity contribution < 1.29 is 18.0 Å². The van der Waals surface area contributed by atoms with Gasteiger partial charge >= 0.3 is 6.18 Å². The van der Waals surface area contributed by atoms with E-state index >= 15 is 0 Å². The molecular weight excluding hydrogens is 357 g/mol. The molecule has 0 radical (unpaired) electrons. The standard InChI is InChI=1S/C19H19F3N4O/c1-12-9-15(14-6-4-13(5-7-14)10-19(20,21)22)25-16-11-24-26(18(12)16)8-2-3-17(23)27/h4-7,9,11H,2-3,8,10H2,1H3,(H2,23,27). The number of rotatable bonds is 6. The van der Waals surface area contributed by atoms with Crippen molar-refractivity contribution in [2.75, 3.05) is 0 Å². The van der Waals surface area contributed by atoms with Crippen LogP contribution in [0.3, 0.4) is 0 Å². The lowest BCUT2D eigenvalue weighted by Gasteiger charge is -2.09. The highest BCUT2D eigenvalue weighted by molar-refractivity contribution is 5.81. The monoisotopic (exact) mass is 376 g/mol. The number of amides is 1. The molecule has 0 bridgehead atoms. The van der Waals surface area contributed by atoms with Crippen LogP contribution in [0.2, 0.25) is 0 Å². The van der Waals surface area contributed by atoms with Crippen molar-refractivity contribution in [1.82, 2.24) is 14.8 Å². The number of aryl methyl sites for hydroxylation is 2. The molecule has 0 aliphatic carbocycles. The molecule has 1 amide bonds. The molecule has 3 rings (SSSR count). The average Bonchev–Trinajstić information content (AvgIpc) is 2.97. The molecule has 2 heterocycles. The van der Waals surface area contributed by atoms with Gasteiger partial charge in [-0.1, -0.05) is 24.3 Å². The maximum absolute atomic E-state index is 12.5. The van der Waals surface area contributed by atoms with E-state index in [1.54, 1.807) is 23.0 Å². The molecule has 0 spiro atoms. The normalized spacial score (nSPS) is 11.9. The Morgan fingerprint density at radius 3 is 2.56 bits per heavy atom. The summed E-state index contributed by atoms with van der Waals surface area (Å²) in [6.45, 7) is 2.48. The molecule has 0 atom stereocenters. The summed E-state index contributed by atoms with van der Waals surface area (Å²) in [5.74, 6) is -0.349. The second kappa shape index (κ2) is 7.38. The Bertz CT molecular complexity index is 961. The van der Waals surface area contributed by atoms with Crippen LogP contribution >= 0.6 is 0 Å². The summed E-state index contributed by atoms with van der Waals surface area (Å²) in [7, 11) is 0. The Morgan fingerprint density at radius 2 is 1.93 bits per heavy atom. The number of nitrogens with zero attached hydrogens (tertiary/aromatic N) is 3. The molecular formula is C19H19F3N4O. The number of fused-ring (bicyclic) bond motifs is 1. The Balaban J connectivity index is 1.85. The van der Waals surface area contributed by atoms with Gasteiger partial charge in [0, 0.05) is 18.5 Å². The van der Waals surface area contributed by atoms with Crippen LogP contribution in [0.15, 0.2) is 36.5 Å². The van der Waals surface area contributed by atoms with Crippen molar-refractivity contribution in [2.24, 2.45) is 5.73 Å². The number of pyridine rings is 1. The average molecular weight is 376 g/mol. The maximum Gasteiger partial charge on any atom is 0.393 e. The summed E-state index contributed by atoms with van der Waals surface area (Å²) in [6.07, 6.45) is -2.65. The fourth-order valence-electron chi connectivity index (χ4n) is 3.04. The number of carbonyl (C=O) groups excluding carboxylic acids is 1. The van der Waals surface area contributed by atoms with E-state index < -0.39 is 12.6 Å². The molecule has 8 heteroatoms. The van der Waals surface area contributed by atoms with E-state index in [0.717, 1.165) is 16.6 Å². The summed E-state index contributed by atoms with van der Waals surface area (Å²) < 4.78 is 39.2. The zero-order chi connectivity index (χ0) is 19.6.